The zero-order valence-electron chi connectivity index (χ0n) is 30.1. The minimum Gasteiger partial charge on any atom is -0.497 e. The Hall–Kier alpha value is -5.39. The number of esters is 1. The summed E-state index contributed by atoms with van der Waals surface area (Å²) in [5.41, 5.74) is 2.53. The van der Waals surface area contributed by atoms with Crippen LogP contribution in [0.2, 0.25) is 0 Å². The van der Waals surface area contributed by atoms with Gasteiger partial charge in [-0.05, 0) is 54.8 Å². The molecule has 0 atom stereocenters. The number of nitrogens with zero attached hydrogens (tertiary/aromatic N) is 2. The third-order valence-corrected chi connectivity index (χ3v) is 9.32. The molecular formula is C40H43N2O10P. The van der Waals surface area contributed by atoms with E-state index in [0.717, 1.165) is 16.7 Å². The third kappa shape index (κ3) is 10.1. The molecule has 0 saturated heterocycles. The van der Waals surface area contributed by atoms with Gasteiger partial charge in [-0.15, -0.1) is 0 Å². The fourth-order valence-corrected chi connectivity index (χ4v) is 6.15. The number of ether oxygens (including phenoxy) is 4. The number of phosphoric acid groups is 1. The molecule has 278 valence electrons. The molecule has 0 fully saturated rings. The van der Waals surface area contributed by atoms with Gasteiger partial charge < -0.3 is 23.8 Å². The maximum Gasteiger partial charge on any atom is 0.478 e. The standard InChI is InChI=1S/C40H43N2O10P/c1-5-41(3)39(43)35-37(49-29-52-53(45,50-27-31-18-12-8-13-19-31)51-28-32-20-14-9-15-21-32)38(48-26-30-16-10-7-11-17-30)36(40(44)47-6-2)42(35)33-22-24-34(46-4)25-23-33/h7-25H,5-6,26-29H2,1-4H3. The maximum atomic E-state index is 14.3. The summed E-state index contributed by atoms with van der Waals surface area (Å²) in [6.07, 6.45) is 0. The van der Waals surface area contributed by atoms with Crippen LogP contribution in [0.4, 0.5) is 0 Å². The van der Waals surface area contributed by atoms with Crippen LogP contribution in [-0.4, -0.2) is 55.4 Å². The minimum atomic E-state index is -4.30. The van der Waals surface area contributed by atoms with Gasteiger partial charge in [0.25, 0.3) is 5.91 Å². The number of benzene rings is 4. The number of methoxy groups -OCH3 is 1. The Bertz CT molecular complexity index is 1920. The number of carbonyl (C=O) groups is 2. The van der Waals surface area contributed by atoms with Crippen LogP contribution in [0.15, 0.2) is 115 Å². The van der Waals surface area contributed by atoms with Gasteiger partial charge >= 0.3 is 13.8 Å². The molecule has 1 amide bonds. The van der Waals surface area contributed by atoms with E-state index in [0.29, 0.717) is 18.0 Å². The van der Waals surface area contributed by atoms with Crippen molar-refractivity contribution < 1.29 is 46.7 Å². The van der Waals surface area contributed by atoms with E-state index >= 15 is 0 Å². The van der Waals surface area contributed by atoms with Crippen LogP contribution in [0.5, 0.6) is 17.2 Å². The summed E-state index contributed by atoms with van der Waals surface area (Å²) in [5.74, 6) is -0.919. The molecule has 53 heavy (non-hydrogen) atoms. The Morgan fingerprint density at radius 2 is 1.17 bits per heavy atom. The van der Waals surface area contributed by atoms with Crippen molar-refractivity contribution >= 4 is 19.7 Å². The summed E-state index contributed by atoms with van der Waals surface area (Å²) < 4.78 is 56.3. The highest BCUT2D eigenvalue weighted by Gasteiger charge is 2.37. The predicted molar refractivity (Wildman–Crippen MR) is 198 cm³/mol. The summed E-state index contributed by atoms with van der Waals surface area (Å²) in [7, 11) is -1.15. The van der Waals surface area contributed by atoms with Gasteiger partial charge in [-0.3, -0.25) is 18.4 Å². The number of amides is 1. The number of rotatable bonds is 19. The van der Waals surface area contributed by atoms with E-state index in [1.54, 1.807) is 38.2 Å². The van der Waals surface area contributed by atoms with Crippen LogP contribution in [0.3, 0.4) is 0 Å². The molecule has 0 N–H and O–H groups in total. The van der Waals surface area contributed by atoms with E-state index in [2.05, 4.69) is 0 Å². The highest BCUT2D eigenvalue weighted by Crippen LogP contribution is 2.51. The molecule has 0 bridgehead atoms. The van der Waals surface area contributed by atoms with Crippen molar-refractivity contribution in [3.05, 3.63) is 143 Å². The third-order valence-electron chi connectivity index (χ3n) is 8.01. The predicted octanol–water partition coefficient (Wildman–Crippen LogP) is 8.23. The second kappa shape index (κ2) is 18.9. The minimum absolute atomic E-state index is 0.00714. The summed E-state index contributed by atoms with van der Waals surface area (Å²) in [6, 6.07) is 34.3. The van der Waals surface area contributed by atoms with Gasteiger partial charge in [-0.25, -0.2) is 13.9 Å². The normalized spacial score (nSPS) is 11.2. The number of aromatic nitrogens is 1. The molecule has 4 aromatic carbocycles. The van der Waals surface area contributed by atoms with Crippen molar-refractivity contribution in [3.8, 4) is 22.9 Å². The topological polar surface area (TPSA) is 124 Å². The van der Waals surface area contributed by atoms with Gasteiger partial charge in [0.2, 0.25) is 6.79 Å². The first-order chi connectivity index (χ1) is 25.8. The average Bonchev–Trinajstić information content (AvgIpc) is 3.53. The lowest BCUT2D eigenvalue weighted by molar-refractivity contribution is 0.0413. The molecule has 1 aromatic heterocycles. The summed E-state index contributed by atoms with van der Waals surface area (Å²) in [6.45, 7) is 2.99. The van der Waals surface area contributed by atoms with E-state index in [1.807, 2.05) is 97.9 Å². The van der Waals surface area contributed by atoms with Crippen molar-refractivity contribution in [2.45, 2.75) is 33.7 Å². The Balaban J connectivity index is 1.58. The summed E-state index contributed by atoms with van der Waals surface area (Å²) in [4.78, 5) is 29.6. The molecule has 1 heterocycles. The highest BCUT2D eigenvalue weighted by molar-refractivity contribution is 7.48. The molecule has 12 nitrogen and oxygen atoms in total. The molecule has 0 aliphatic carbocycles. The number of phosphoric ester groups is 1. The number of carbonyl (C=O) groups excluding carboxylic acids is 2. The van der Waals surface area contributed by atoms with Gasteiger partial charge in [0.1, 0.15) is 12.4 Å². The molecule has 5 rings (SSSR count). The smallest absolute Gasteiger partial charge is 0.478 e. The van der Waals surface area contributed by atoms with Crippen molar-refractivity contribution in [1.29, 1.82) is 0 Å². The largest absolute Gasteiger partial charge is 0.497 e. The zero-order chi connectivity index (χ0) is 37.6. The van der Waals surface area contributed by atoms with Crippen LogP contribution in [0.25, 0.3) is 5.69 Å². The Morgan fingerprint density at radius 3 is 1.66 bits per heavy atom. The van der Waals surface area contributed by atoms with Crippen LogP contribution >= 0.6 is 7.82 Å². The molecule has 5 aromatic rings. The quantitative estimate of drug-likeness (QED) is 0.0464. The average molecular weight is 743 g/mol. The number of hydrogen-bond donors (Lipinski definition) is 0. The second-order valence-corrected chi connectivity index (χ2v) is 13.2. The van der Waals surface area contributed by atoms with Crippen LogP contribution in [0.1, 0.15) is 51.5 Å². The van der Waals surface area contributed by atoms with E-state index in [9.17, 15) is 14.2 Å². The molecule has 0 spiro atoms. The molecular weight excluding hydrogens is 699 g/mol. The Morgan fingerprint density at radius 1 is 0.660 bits per heavy atom. The molecule has 13 heteroatoms. The lowest BCUT2D eigenvalue weighted by Crippen LogP contribution is -2.29. The maximum absolute atomic E-state index is 14.3. The SMILES string of the molecule is CCOC(=O)c1c(OCc2ccccc2)c(OCOP(=O)(OCc2ccccc2)OCc2ccccc2)c(C(=O)N(C)CC)n1-c1ccc(OC)cc1. The zero-order valence-corrected chi connectivity index (χ0v) is 31.0. The van der Waals surface area contributed by atoms with E-state index in [-0.39, 0.29) is 49.3 Å². The first-order valence-corrected chi connectivity index (χ1v) is 18.5. The van der Waals surface area contributed by atoms with Crippen molar-refractivity contribution in [2.24, 2.45) is 0 Å². The highest BCUT2D eigenvalue weighted by atomic mass is 31.2. The second-order valence-electron chi connectivity index (χ2n) is 11.6. The first-order valence-electron chi connectivity index (χ1n) is 17.0. The van der Waals surface area contributed by atoms with Crippen molar-refractivity contribution in [3.63, 3.8) is 0 Å². The van der Waals surface area contributed by atoms with Crippen LogP contribution in [0, 0.1) is 0 Å². The Labute approximate surface area is 309 Å². The van der Waals surface area contributed by atoms with Crippen LogP contribution < -0.4 is 14.2 Å². The lowest BCUT2D eigenvalue weighted by Gasteiger charge is -2.20. The molecule has 0 radical (unpaired) electrons. The first kappa shape index (κ1) is 38.8. The van der Waals surface area contributed by atoms with Gasteiger partial charge in [0.15, 0.2) is 22.9 Å². The van der Waals surface area contributed by atoms with Gasteiger partial charge in [-0.1, -0.05) is 91.0 Å². The Kier molecular flexibility index (Phi) is 13.9. The van der Waals surface area contributed by atoms with Gasteiger partial charge in [0.05, 0.1) is 26.9 Å². The fraction of sp³-hybridized carbons (Fsp3) is 0.250. The van der Waals surface area contributed by atoms with Crippen molar-refractivity contribution in [1.82, 2.24) is 9.47 Å². The van der Waals surface area contributed by atoms with E-state index in [4.69, 9.17) is 32.5 Å². The number of hydrogen-bond acceptors (Lipinski definition) is 10. The molecule has 0 unspecified atom stereocenters. The fourth-order valence-electron chi connectivity index (χ4n) is 5.13. The van der Waals surface area contributed by atoms with E-state index in [1.165, 1.54) is 16.6 Å². The lowest BCUT2D eigenvalue weighted by atomic mass is 10.2. The van der Waals surface area contributed by atoms with Gasteiger partial charge in [0, 0.05) is 19.3 Å². The molecule has 0 aliphatic heterocycles. The molecule has 0 aliphatic rings. The monoisotopic (exact) mass is 742 g/mol. The van der Waals surface area contributed by atoms with Crippen molar-refractivity contribution in [2.75, 3.05) is 34.1 Å². The van der Waals surface area contributed by atoms with Crippen LogP contribution in [-0.2, 0) is 42.7 Å². The van der Waals surface area contributed by atoms with E-state index < -0.39 is 26.5 Å². The summed E-state index contributed by atoms with van der Waals surface area (Å²) >= 11 is 0. The summed E-state index contributed by atoms with van der Waals surface area (Å²) in [5, 5.41) is 0. The van der Waals surface area contributed by atoms with Gasteiger partial charge in [-0.2, -0.15) is 0 Å². The molecule has 0 saturated carbocycles.